The first-order chi connectivity index (χ1) is 6.61. The van der Waals surface area contributed by atoms with Crippen LogP contribution in [-0.4, -0.2) is 16.1 Å². The molecule has 2 rings (SSSR count). The highest BCUT2D eigenvalue weighted by Gasteiger charge is 2.19. The maximum absolute atomic E-state index is 13.4. The maximum atomic E-state index is 13.4. The molecule has 0 unspecified atom stereocenters. The van der Waals surface area contributed by atoms with Crippen LogP contribution in [0.1, 0.15) is 10.4 Å². The summed E-state index contributed by atoms with van der Waals surface area (Å²) >= 11 is 4.23. The smallest absolute Gasteiger partial charge is 0.341 e. The Balaban J connectivity index is 2.93. The van der Waals surface area contributed by atoms with Gasteiger partial charge in [0, 0.05) is 0 Å². The molecular weight excluding hydrogens is 273 g/mol. The number of carboxylic acid groups (broad SMARTS) is 1. The predicted molar refractivity (Wildman–Crippen MR) is 54.2 cm³/mol. The fourth-order valence-electron chi connectivity index (χ4n) is 1.14. The van der Waals surface area contributed by atoms with Crippen LogP contribution >= 0.6 is 27.3 Å². The molecule has 0 atom stereocenters. The molecule has 6 heteroatoms. The summed E-state index contributed by atoms with van der Waals surface area (Å²) in [5.41, 5.74) is 1.31. The van der Waals surface area contributed by atoms with Gasteiger partial charge in [-0.3, -0.25) is 0 Å². The van der Waals surface area contributed by atoms with Crippen molar-refractivity contribution in [3.8, 4) is 0 Å². The van der Waals surface area contributed by atoms with Crippen molar-refractivity contribution < 1.29 is 14.3 Å². The summed E-state index contributed by atoms with van der Waals surface area (Å²) in [6.45, 7) is 0. The summed E-state index contributed by atoms with van der Waals surface area (Å²) in [4.78, 5) is 14.6. The van der Waals surface area contributed by atoms with Gasteiger partial charge in [0.15, 0.2) is 5.82 Å². The number of nitrogens with zero attached hydrogens (tertiary/aromatic N) is 1. The highest BCUT2D eigenvalue weighted by Crippen LogP contribution is 2.29. The zero-order valence-corrected chi connectivity index (χ0v) is 9.02. The molecule has 0 amide bonds. The van der Waals surface area contributed by atoms with E-state index in [-0.39, 0.29) is 15.6 Å². The fourth-order valence-corrected chi connectivity index (χ4v) is 2.45. The molecule has 0 radical (unpaired) electrons. The number of carboxylic acids is 1. The van der Waals surface area contributed by atoms with Gasteiger partial charge in [-0.2, -0.15) is 0 Å². The third-order valence-corrected chi connectivity index (χ3v) is 3.09. The topological polar surface area (TPSA) is 50.2 Å². The Hall–Kier alpha value is -1.01. The molecule has 0 bridgehead atoms. The third-order valence-electron chi connectivity index (χ3n) is 1.73. The molecule has 72 valence electrons. The monoisotopic (exact) mass is 275 g/mol. The minimum absolute atomic E-state index is 0.145. The largest absolute Gasteiger partial charge is 0.478 e. The minimum atomic E-state index is -1.31. The Morgan fingerprint density at radius 3 is 3.00 bits per heavy atom. The van der Waals surface area contributed by atoms with Gasteiger partial charge in [-0.25, -0.2) is 14.2 Å². The zero-order valence-electron chi connectivity index (χ0n) is 6.62. The van der Waals surface area contributed by atoms with Gasteiger partial charge in [-0.1, -0.05) is 0 Å². The Bertz CT molecular complexity index is 525. The van der Waals surface area contributed by atoms with Gasteiger partial charge in [0.05, 0.1) is 20.2 Å². The second-order valence-corrected chi connectivity index (χ2v) is 4.29. The van der Waals surface area contributed by atoms with Crippen LogP contribution in [0.15, 0.2) is 16.0 Å². The molecule has 0 spiro atoms. The van der Waals surface area contributed by atoms with Gasteiger partial charge in [0.2, 0.25) is 0 Å². The summed E-state index contributed by atoms with van der Waals surface area (Å²) in [6, 6.07) is 1.52. The van der Waals surface area contributed by atoms with Gasteiger partial charge in [-0.15, -0.1) is 11.3 Å². The maximum Gasteiger partial charge on any atom is 0.341 e. The zero-order chi connectivity index (χ0) is 10.3. The number of halogens is 2. The number of rotatable bonds is 1. The van der Waals surface area contributed by atoms with E-state index in [0.29, 0.717) is 4.70 Å². The Morgan fingerprint density at radius 1 is 1.64 bits per heavy atom. The van der Waals surface area contributed by atoms with Crippen molar-refractivity contribution in [2.45, 2.75) is 0 Å². The Labute approximate surface area is 90.3 Å². The first kappa shape index (κ1) is 9.54. The molecule has 0 saturated heterocycles. The molecule has 1 N–H and O–H groups in total. The van der Waals surface area contributed by atoms with E-state index < -0.39 is 11.8 Å². The number of hydrogen-bond acceptors (Lipinski definition) is 3. The van der Waals surface area contributed by atoms with E-state index in [1.807, 2.05) is 0 Å². The number of carbonyl (C=O) groups is 1. The predicted octanol–water partition coefficient (Wildman–Crippen LogP) is 2.90. The van der Waals surface area contributed by atoms with Crippen LogP contribution < -0.4 is 0 Å². The lowest BCUT2D eigenvalue weighted by Gasteiger charge is -2.00. The van der Waals surface area contributed by atoms with Crippen molar-refractivity contribution >= 4 is 43.5 Å². The standard InChI is InChI=1S/C8H3BrFNO2S/c9-3-1-4-7(11-2-14-4)5(6(3)10)8(12)13/h1-2H,(H,12,13). The fraction of sp³-hybridized carbons (Fsp3) is 0. The molecular formula is C8H3BrFNO2S. The molecule has 0 saturated carbocycles. The van der Waals surface area contributed by atoms with Crippen molar-refractivity contribution in [3.05, 3.63) is 27.4 Å². The van der Waals surface area contributed by atoms with Gasteiger partial charge in [0.25, 0.3) is 0 Å². The van der Waals surface area contributed by atoms with Crippen LogP contribution in [0.25, 0.3) is 10.2 Å². The summed E-state index contributed by atoms with van der Waals surface area (Å²) < 4.78 is 14.2. The van der Waals surface area contributed by atoms with E-state index in [4.69, 9.17) is 5.11 Å². The van der Waals surface area contributed by atoms with E-state index in [0.717, 1.165) is 0 Å². The Morgan fingerprint density at radius 2 is 2.36 bits per heavy atom. The summed E-state index contributed by atoms with van der Waals surface area (Å²) in [6.07, 6.45) is 0. The third kappa shape index (κ3) is 1.31. The quantitative estimate of drug-likeness (QED) is 0.871. The first-order valence-corrected chi connectivity index (χ1v) is 5.23. The van der Waals surface area contributed by atoms with Gasteiger partial charge >= 0.3 is 5.97 Å². The van der Waals surface area contributed by atoms with Crippen molar-refractivity contribution in [1.82, 2.24) is 4.98 Å². The van der Waals surface area contributed by atoms with Crippen LogP contribution in [0.3, 0.4) is 0 Å². The van der Waals surface area contributed by atoms with Gasteiger partial charge in [-0.05, 0) is 22.0 Å². The van der Waals surface area contributed by atoms with Crippen molar-refractivity contribution in [1.29, 1.82) is 0 Å². The van der Waals surface area contributed by atoms with Gasteiger partial charge in [0.1, 0.15) is 5.56 Å². The number of thiazole rings is 1. The second-order valence-electron chi connectivity index (χ2n) is 2.55. The normalized spacial score (nSPS) is 10.7. The molecule has 2 aromatic rings. The second kappa shape index (κ2) is 3.29. The van der Waals surface area contributed by atoms with E-state index in [2.05, 4.69) is 20.9 Å². The van der Waals surface area contributed by atoms with Crippen LogP contribution in [-0.2, 0) is 0 Å². The van der Waals surface area contributed by atoms with Crippen molar-refractivity contribution in [2.75, 3.05) is 0 Å². The molecule has 3 nitrogen and oxygen atoms in total. The van der Waals surface area contributed by atoms with Crippen LogP contribution in [0.5, 0.6) is 0 Å². The summed E-state index contributed by atoms with van der Waals surface area (Å²) in [7, 11) is 0. The summed E-state index contributed by atoms with van der Waals surface area (Å²) in [5.74, 6) is -2.09. The van der Waals surface area contributed by atoms with E-state index in [1.165, 1.54) is 22.9 Å². The number of fused-ring (bicyclic) bond motifs is 1. The van der Waals surface area contributed by atoms with Crippen LogP contribution in [0.2, 0.25) is 0 Å². The van der Waals surface area contributed by atoms with E-state index in [1.54, 1.807) is 0 Å². The molecule has 0 aliphatic heterocycles. The van der Waals surface area contributed by atoms with E-state index in [9.17, 15) is 9.18 Å². The average Bonchev–Trinajstić information content (AvgIpc) is 2.52. The molecule has 0 aliphatic carbocycles. The number of hydrogen-bond donors (Lipinski definition) is 1. The lowest BCUT2D eigenvalue weighted by molar-refractivity contribution is 0.0694. The molecule has 1 heterocycles. The minimum Gasteiger partial charge on any atom is -0.478 e. The number of aromatic carboxylic acids is 1. The highest BCUT2D eigenvalue weighted by atomic mass is 79.9. The molecule has 1 aromatic heterocycles. The first-order valence-electron chi connectivity index (χ1n) is 3.55. The molecule has 0 fully saturated rings. The summed E-state index contributed by atoms with van der Waals surface area (Å²) in [5, 5.41) is 8.81. The molecule has 14 heavy (non-hydrogen) atoms. The van der Waals surface area contributed by atoms with Crippen LogP contribution in [0.4, 0.5) is 4.39 Å². The number of aromatic nitrogens is 1. The van der Waals surface area contributed by atoms with Gasteiger partial charge < -0.3 is 5.11 Å². The SMILES string of the molecule is O=C(O)c1c(F)c(Br)cc2scnc12. The lowest BCUT2D eigenvalue weighted by atomic mass is 10.2. The Kier molecular flexibility index (Phi) is 2.24. The number of benzene rings is 1. The van der Waals surface area contributed by atoms with Crippen molar-refractivity contribution in [2.24, 2.45) is 0 Å². The van der Waals surface area contributed by atoms with Crippen molar-refractivity contribution in [3.63, 3.8) is 0 Å². The molecule has 1 aromatic carbocycles. The van der Waals surface area contributed by atoms with E-state index >= 15 is 0 Å². The van der Waals surface area contributed by atoms with Crippen LogP contribution in [0, 0.1) is 5.82 Å². The lowest BCUT2D eigenvalue weighted by Crippen LogP contribution is -2.02. The average molecular weight is 276 g/mol. The highest BCUT2D eigenvalue weighted by molar-refractivity contribution is 9.10. The molecule has 0 aliphatic rings.